The van der Waals surface area contributed by atoms with Gasteiger partial charge in [-0.3, -0.25) is 0 Å². The van der Waals surface area contributed by atoms with Gasteiger partial charge in [-0.15, -0.1) is 0 Å². The van der Waals surface area contributed by atoms with E-state index in [4.69, 9.17) is 9.97 Å². The predicted octanol–water partition coefficient (Wildman–Crippen LogP) is 4.92. The van der Waals surface area contributed by atoms with Crippen LogP contribution in [0.25, 0.3) is 0 Å². The highest BCUT2D eigenvalue weighted by Gasteiger charge is 2.24. The van der Waals surface area contributed by atoms with Crippen molar-refractivity contribution in [1.82, 2.24) is 9.97 Å². The molecule has 0 spiro atoms. The molecule has 112 valence electrons. The molecule has 0 amide bonds. The fourth-order valence-corrected chi connectivity index (χ4v) is 3.56. The van der Waals surface area contributed by atoms with Crippen molar-refractivity contribution in [3.05, 3.63) is 16.0 Å². The summed E-state index contributed by atoms with van der Waals surface area (Å²) in [5.74, 6) is 3.37. The molecule has 1 aliphatic rings. The molecule has 2 atom stereocenters. The van der Waals surface area contributed by atoms with E-state index in [1.54, 1.807) is 0 Å². The van der Waals surface area contributed by atoms with Gasteiger partial charge in [-0.05, 0) is 47.5 Å². The molecule has 2 rings (SSSR count). The van der Waals surface area contributed by atoms with Crippen LogP contribution in [0.15, 0.2) is 4.47 Å². The number of nitrogens with one attached hydrogen (secondary N) is 1. The Morgan fingerprint density at radius 2 is 2.05 bits per heavy atom. The summed E-state index contributed by atoms with van der Waals surface area (Å²) in [5.41, 5.74) is 1.13. The van der Waals surface area contributed by atoms with Crippen LogP contribution in [0.3, 0.4) is 0 Å². The summed E-state index contributed by atoms with van der Waals surface area (Å²) in [4.78, 5) is 9.63. The first kappa shape index (κ1) is 15.7. The molecule has 0 aromatic carbocycles. The number of aromatic nitrogens is 2. The minimum absolute atomic E-state index is 0.541. The lowest BCUT2D eigenvalue weighted by Crippen LogP contribution is -2.17. The Morgan fingerprint density at radius 3 is 2.70 bits per heavy atom. The summed E-state index contributed by atoms with van der Waals surface area (Å²) in [6.45, 7) is 7.64. The second-order valence-electron chi connectivity index (χ2n) is 5.94. The lowest BCUT2D eigenvalue weighted by atomic mass is 9.82. The highest BCUT2D eigenvalue weighted by Crippen LogP contribution is 2.36. The van der Waals surface area contributed by atoms with E-state index in [2.05, 4.69) is 42.0 Å². The molecule has 2 unspecified atom stereocenters. The molecule has 1 saturated carbocycles. The zero-order valence-corrected chi connectivity index (χ0v) is 14.5. The van der Waals surface area contributed by atoms with E-state index in [1.165, 1.54) is 25.7 Å². The molecule has 1 N–H and O–H groups in total. The maximum atomic E-state index is 4.82. The second-order valence-corrected chi connectivity index (χ2v) is 6.73. The Hall–Kier alpha value is -0.640. The number of nitrogens with zero attached hydrogens (tertiary/aromatic N) is 2. The summed E-state index contributed by atoms with van der Waals surface area (Å²) in [7, 11) is 0. The average molecular weight is 340 g/mol. The van der Waals surface area contributed by atoms with Crippen LogP contribution in [0.2, 0.25) is 0 Å². The van der Waals surface area contributed by atoms with Crippen molar-refractivity contribution in [3.63, 3.8) is 0 Å². The van der Waals surface area contributed by atoms with Crippen molar-refractivity contribution in [2.24, 2.45) is 5.92 Å². The van der Waals surface area contributed by atoms with Crippen LogP contribution in [0, 0.1) is 5.92 Å². The zero-order chi connectivity index (χ0) is 14.5. The molecule has 1 fully saturated rings. The lowest BCUT2D eigenvalue weighted by Gasteiger charge is -2.26. The molecule has 1 aliphatic carbocycles. The molecule has 3 nitrogen and oxygen atoms in total. The van der Waals surface area contributed by atoms with Gasteiger partial charge >= 0.3 is 0 Å². The maximum absolute atomic E-state index is 4.82. The molecule has 4 heteroatoms. The third kappa shape index (κ3) is 3.72. The quantitative estimate of drug-likeness (QED) is 0.827. The molecule has 1 aromatic heterocycles. The van der Waals surface area contributed by atoms with Gasteiger partial charge < -0.3 is 5.32 Å². The molecule has 1 aromatic rings. The van der Waals surface area contributed by atoms with Crippen LogP contribution >= 0.6 is 15.9 Å². The Balaban J connectivity index is 2.27. The molecule has 1 heterocycles. The average Bonchev–Trinajstić information content (AvgIpc) is 2.46. The number of hydrogen-bond donors (Lipinski definition) is 1. The van der Waals surface area contributed by atoms with Crippen LogP contribution in [-0.4, -0.2) is 16.5 Å². The Bertz CT molecular complexity index is 448. The molecule has 0 radical (unpaired) electrons. The normalized spacial score (nSPS) is 22.8. The van der Waals surface area contributed by atoms with E-state index in [-0.39, 0.29) is 0 Å². The minimum Gasteiger partial charge on any atom is -0.369 e. The largest absolute Gasteiger partial charge is 0.369 e. The van der Waals surface area contributed by atoms with E-state index in [9.17, 15) is 0 Å². The van der Waals surface area contributed by atoms with E-state index in [0.29, 0.717) is 5.92 Å². The van der Waals surface area contributed by atoms with Crippen molar-refractivity contribution in [1.29, 1.82) is 0 Å². The minimum atomic E-state index is 0.541. The van der Waals surface area contributed by atoms with E-state index in [0.717, 1.165) is 47.1 Å². The number of halogens is 1. The van der Waals surface area contributed by atoms with Crippen LogP contribution in [0.1, 0.15) is 70.3 Å². The van der Waals surface area contributed by atoms with Crippen molar-refractivity contribution in [2.45, 2.75) is 65.2 Å². The third-order valence-corrected chi connectivity index (χ3v) is 4.95. The van der Waals surface area contributed by atoms with Crippen molar-refractivity contribution in [2.75, 3.05) is 11.9 Å². The summed E-state index contributed by atoms with van der Waals surface area (Å²) in [6, 6.07) is 0. The van der Waals surface area contributed by atoms with Gasteiger partial charge in [0.15, 0.2) is 0 Å². The highest BCUT2D eigenvalue weighted by atomic mass is 79.9. The Morgan fingerprint density at radius 1 is 1.25 bits per heavy atom. The molecule has 0 aliphatic heterocycles. The van der Waals surface area contributed by atoms with Crippen LogP contribution in [-0.2, 0) is 6.42 Å². The summed E-state index contributed by atoms with van der Waals surface area (Å²) >= 11 is 3.65. The summed E-state index contributed by atoms with van der Waals surface area (Å²) in [6.07, 6.45) is 7.19. The number of hydrogen-bond acceptors (Lipinski definition) is 3. The fourth-order valence-electron chi connectivity index (χ4n) is 2.96. The van der Waals surface area contributed by atoms with Crippen LogP contribution in [0.5, 0.6) is 0 Å². The van der Waals surface area contributed by atoms with Gasteiger partial charge in [-0.1, -0.05) is 33.6 Å². The van der Waals surface area contributed by atoms with Crippen LogP contribution < -0.4 is 5.32 Å². The molecule has 20 heavy (non-hydrogen) atoms. The molecule has 0 saturated heterocycles. The SMILES string of the molecule is CCCNc1nc(C2CCCC(C)C2)nc(CC)c1Br. The van der Waals surface area contributed by atoms with Gasteiger partial charge in [0.25, 0.3) is 0 Å². The predicted molar refractivity (Wildman–Crippen MR) is 88.3 cm³/mol. The Labute approximate surface area is 131 Å². The van der Waals surface area contributed by atoms with E-state index in [1.807, 2.05) is 0 Å². The first-order chi connectivity index (χ1) is 9.65. The van der Waals surface area contributed by atoms with Gasteiger partial charge in [0.1, 0.15) is 11.6 Å². The molecular weight excluding hydrogens is 314 g/mol. The monoisotopic (exact) mass is 339 g/mol. The molecular formula is C16H26BrN3. The van der Waals surface area contributed by atoms with Gasteiger partial charge in [-0.25, -0.2) is 9.97 Å². The smallest absolute Gasteiger partial charge is 0.144 e. The van der Waals surface area contributed by atoms with E-state index >= 15 is 0 Å². The standard InChI is InChI=1S/C16H26BrN3/c1-4-9-18-16-14(17)13(5-2)19-15(20-16)12-8-6-7-11(3)10-12/h11-12H,4-10H2,1-3H3,(H,18,19,20). The lowest BCUT2D eigenvalue weighted by molar-refractivity contribution is 0.335. The summed E-state index contributed by atoms with van der Waals surface area (Å²) in [5, 5.41) is 3.43. The summed E-state index contributed by atoms with van der Waals surface area (Å²) < 4.78 is 1.04. The molecule has 0 bridgehead atoms. The topological polar surface area (TPSA) is 37.8 Å². The second kappa shape index (κ2) is 7.39. The fraction of sp³-hybridized carbons (Fsp3) is 0.750. The van der Waals surface area contributed by atoms with Gasteiger partial charge in [0, 0.05) is 12.5 Å². The first-order valence-corrected chi connectivity index (χ1v) is 8.75. The zero-order valence-electron chi connectivity index (χ0n) is 12.9. The van der Waals surface area contributed by atoms with Gasteiger partial charge in [0.2, 0.25) is 0 Å². The number of anilines is 1. The number of rotatable bonds is 5. The van der Waals surface area contributed by atoms with E-state index < -0.39 is 0 Å². The van der Waals surface area contributed by atoms with Crippen molar-refractivity contribution >= 4 is 21.7 Å². The number of aryl methyl sites for hydroxylation is 1. The maximum Gasteiger partial charge on any atom is 0.144 e. The Kier molecular flexibility index (Phi) is 5.82. The first-order valence-electron chi connectivity index (χ1n) is 7.95. The van der Waals surface area contributed by atoms with Gasteiger partial charge in [-0.2, -0.15) is 0 Å². The van der Waals surface area contributed by atoms with Crippen LogP contribution in [0.4, 0.5) is 5.82 Å². The van der Waals surface area contributed by atoms with Crippen molar-refractivity contribution < 1.29 is 0 Å². The third-order valence-electron chi connectivity index (χ3n) is 4.12. The van der Waals surface area contributed by atoms with Gasteiger partial charge in [0.05, 0.1) is 10.2 Å². The highest BCUT2D eigenvalue weighted by molar-refractivity contribution is 9.10. The van der Waals surface area contributed by atoms with Crippen molar-refractivity contribution in [3.8, 4) is 0 Å².